The van der Waals surface area contributed by atoms with Gasteiger partial charge in [-0.15, -0.1) is 15.3 Å². The fourth-order valence-corrected chi connectivity index (χ4v) is 3.57. The molecule has 1 aliphatic rings. The van der Waals surface area contributed by atoms with Gasteiger partial charge in [0.15, 0.2) is 17.3 Å². The van der Waals surface area contributed by atoms with Crippen molar-refractivity contribution >= 4 is 11.5 Å². The van der Waals surface area contributed by atoms with Gasteiger partial charge in [-0.2, -0.15) is 9.61 Å². The van der Waals surface area contributed by atoms with Gasteiger partial charge in [0.05, 0.1) is 6.33 Å². The van der Waals surface area contributed by atoms with E-state index in [9.17, 15) is 4.79 Å². The number of rotatable bonds is 3. The Balaban J connectivity index is 1.39. The highest BCUT2D eigenvalue weighted by molar-refractivity contribution is 5.41. The molecule has 0 radical (unpaired) electrons. The van der Waals surface area contributed by atoms with Gasteiger partial charge in [0, 0.05) is 44.5 Å². The quantitative estimate of drug-likeness (QED) is 0.520. The SMILES string of the molecule is Cn1cnc(N2CCC(c3nnc4ccc(-n5cccn5)nn34)CC2)cc1=O. The summed E-state index contributed by atoms with van der Waals surface area (Å²) in [6.07, 6.45) is 6.93. The van der Waals surface area contributed by atoms with Gasteiger partial charge in [0.2, 0.25) is 0 Å². The lowest BCUT2D eigenvalue weighted by Gasteiger charge is -2.31. The monoisotopic (exact) mass is 377 g/mol. The van der Waals surface area contributed by atoms with E-state index in [0.717, 1.165) is 49.0 Å². The molecule has 4 aromatic heterocycles. The van der Waals surface area contributed by atoms with Crippen LogP contribution in [0, 0.1) is 0 Å². The minimum absolute atomic E-state index is 0.0501. The lowest BCUT2D eigenvalue weighted by molar-refractivity contribution is 0.474. The molecule has 0 unspecified atom stereocenters. The van der Waals surface area contributed by atoms with E-state index in [0.29, 0.717) is 0 Å². The second-order valence-electron chi connectivity index (χ2n) is 6.93. The summed E-state index contributed by atoms with van der Waals surface area (Å²) >= 11 is 0. The number of anilines is 1. The summed E-state index contributed by atoms with van der Waals surface area (Å²) in [6.45, 7) is 1.61. The van der Waals surface area contributed by atoms with Crippen molar-refractivity contribution < 1.29 is 0 Å². The van der Waals surface area contributed by atoms with Crippen molar-refractivity contribution in [2.24, 2.45) is 7.05 Å². The second kappa shape index (κ2) is 6.55. The number of aryl methyl sites for hydroxylation is 1. The van der Waals surface area contributed by atoms with Crippen LogP contribution in [0.25, 0.3) is 11.5 Å². The molecule has 0 N–H and O–H groups in total. The van der Waals surface area contributed by atoms with Gasteiger partial charge in [-0.1, -0.05) is 0 Å². The molecule has 0 atom stereocenters. The minimum atomic E-state index is -0.0501. The zero-order valence-corrected chi connectivity index (χ0v) is 15.4. The third-order valence-electron chi connectivity index (χ3n) is 5.16. The van der Waals surface area contributed by atoms with Crippen molar-refractivity contribution in [2.45, 2.75) is 18.8 Å². The number of piperidine rings is 1. The van der Waals surface area contributed by atoms with Crippen LogP contribution in [0.3, 0.4) is 0 Å². The molecule has 0 aliphatic carbocycles. The van der Waals surface area contributed by atoms with E-state index >= 15 is 0 Å². The first-order chi connectivity index (χ1) is 13.7. The topological polar surface area (TPSA) is 99.0 Å². The molecule has 142 valence electrons. The lowest BCUT2D eigenvalue weighted by Crippen LogP contribution is -2.35. The number of fused-ring (bicyclic) bond motifs is 1. The molecular formula is C18H19N9O. The first-order valence-electron chi connectivity index (χ1n) is 9.19. The van der Waals surface area contributed by atoms with Crippen LogP contribution in [0.15, 0.2) is 47.8 Å². The van der Waals surface area contributed by atoms with Crippen LogP contribution in [0.2, 0.25) is 0 Å². The molecule has 1 aliphatic heterocycles. The molecule has 28 heavy (non-hydrogen) atoms. The Kier molecular flexibility index (Phi) is 3.89. The number of hydrogen-bond donors (Lipinski definition) is 0. The molecule has 0 saturated carbocycles. The molecule has 5 rings (SSSR count). The van der Waals surface area contributed by atoms with Gasteiger partial charge in [-0.25, -0.2) is 9.67 Å². The predicted molar refractivity (Wildman–Crippen MR) is 102 cm³/mol. The summed E-state index contributed by atoms with van der Waals surface area (Å²) in [5.74, 6) is 2.56. The van der Waals surface area contributed by atoms with Crippen LogP contribution in [-0.2, 0) is 7.05 Å². The zero-order chi connectivity index (χ0) is 19.1. The second-order valence-corrected chi connectivity index (χ2v) is 6.93. The van der Waals surface area contributed by atoms with Gasteiger partial charge in [0.25, 0.3) is 5.56 Å². The van der Waals surface area contributed by atoms with Crippen molar-refractivity contribution in [3.63, 3.8) is 0 Å². The highest BCUT2D eigenvalue weighted by atomic mass is 16.1. The van der Waals surface area contributed by atoms with E-state index in [1.807, 2.05) is 28.9 Å². The molecule has 0 amide bonds. The Labute approximate surface area is 160 Å². The first kappa shape index (κ1) is 16.6. The van der Waals surface area contributed by atoms with Crippen molar-refractivity contribution in [1.29, 1.82) is 0 Å². The average molecular weight is 377 g/mol. The van der Waals surface area contributed by atoms with Crippen molar-refractivity contribution in [3.8, 4) is 5.82 Å². The zero-order valence-electron chi connectivity index (χ0n) is 15.4. The van der Waals surface area contributed by atoms with Gasteiger partial charge in [0.1, 0.15) is 5.82 Å². The fourth-order valence-electron chi connectivity index (χ4n) is 3.57. The van der Waals surface area contributed by atoms with E-state index in [1.54, 1.807) is 30.3 Å². The van der Waals surface area contributed by atoms with Crippen LogP contribution < -0.4 is 10.5 Å². The number of nitrogens with zero attached hydrogens (tertiary/aromatic N) is 9. The van der Waals surface area contributed by atoms with E-state index < -0.39 is 0 Å². The maximum absolute atomic E-state index is 11.9. The van der Waals surface area contributed by atoms with Crippen molar-refractivity contribution in [1.82, 2.24) is 39.1 Å². The van der Waals surface area contributed by atoms with E-state index in [-0.39, 0.29) is 11.5 Å². The minimum Gasteiger partial charge on any atom is -0.356 e. The number of hydrogen-bond acceptors (Lipinski definition) is 7. The smallest absolute Gasteiger partial charge is 0.255 e. The van der Waals surface area contributed by atoms with Crippen LogP contribution >= 0.6 is 0 Å². The summed E-state index contributed by atoms with van der Waals surface area (Å²) in [5.41, 5.74) is 0.674. The van der Waals surface area contributed by atoms with Gasteiger partial charge in [-0.05, 0) is 31.0 Å². The predicted octanol–water partition coefficient (Wildman–Crippen LogP) is 0.788. The Bertz CT molecular complexity index is 1170. The highest BCUT2D eigenvalue weighted by Gasteiger charge is 2.26. The van der Waals surface area contributed by atoms with E-state index in [1.165, 1.54) is 4.57 Å². The average Bonchev–Trinajstić information content (AvgIpc) is 3.40. The standard InChI is InChI=1S/C18H19N9O/c1-24-12-19-16(11-17(24)28)25-9-5-13(6-10-25)18-22-21-14-3-4-15(23-27(14)18)26-8-2-7-20-26/h2-4,7-8,11-13H,5-6,9-10H2,1H3. The van der Waals surface area contributed by atoms with Crippen LogP contribution in [0.4, 0.5) is 5.82 Å². The molecule has 0 aromatic carbocycles. The van der Waals surface area contributed by atoms with E-state index in [4.69, 9.17) is 0 Å². The molecular weight excluding hydrogens is 358 g/mol. The Hall–Kier alpha value is -3.56. The third-order valence-corrected chi connectivity index (χ3v) is 5.16. The fraction of sp³-hybridized carbons (Fsp3) is 0.333. The largest absolute Gasteiger partial charge is 0.356 e. The summed E-state index contributed by atoms with van der Waals surface area (Å²) in [6, 6.07) is 7.23. The molecule has 4 aromatic rings. The van der Waals surface area contributed by atoms with Gasteiger partial charge < -0.3 is 9.47 Å². The molecule has 1 saturated heterocycles. The highest BCUT2D eigenvalue weighted by Crippen LogP contribution is 2.28. The summed E-state index contributed by atoms with van der Waals surface area (Å²) in [7, 11) is 1.70. The maximum atomic E-state index is 11.9. The Morgan fingerprint density at radius 3 is 2.71 bits per heavy atom. The van der Waals surface area contributed by atoms with Crippen LogP contribution in [-0.4, -0.2) is 52.2 Å². The molecule has 10 nitrogen and oxygen atoms in total. The number of aromatic nitrogens is 8. The summed E-state index contributed by atoms with van der Waals surface area (Å²) in [4.78, 5) is 18.4. The maximum Gasteiger partial charge on any atom is 0.255 e. The van der Waals surface area contributed by atoms with Gasteiger partial charge in [-0.3, -0.25) is 4.79 Å². The first-order valence-corrected chi connectivity index (χ1v) is 9.19. The molecule has 0 spiro atoms. The molecule has 10 heteroatoms. The molecule has 1 fully saturated rings. The van der Waals surface area contributed by atoms with Crippen molar-refractivity contribution in [2.75, 3.05) is 18.0 Å². The van der Waals surface area contributed by atoms with Crippen LogP contribution in [0.5, 0.6) is 0 Å². The van der Waals surface area contributed by atoms with Crippen molar-refractivity contribution in [3.05, 3.63) is 59.2 Å². The van der Waals surface area contributed by atoms with E-state index in [2.05, 4.69) is 30.3 Å². The third kappa shape index (κ3) is 2.82. The Morgan fingerprint density at radius 2 is 1.96 bits per heavy atom. The van der Waals surface area contributed by atoms with Gasteiger partial charge >= 0.3 is 0 Å². The summed E-state index contributed by atoms with van der Waals surface area (Å²) in [5, 5.41) is 17.6. The van der Waals surface area contributed by atoms with Crippen LogP contribution in [0.1, 0.15) is 24.6 Å². The lowest BCUT2D eigenvalue weighted by atomic mass is 9.96. The molecule has 5 heterocycles. The Morgan fingerprint density at radius 1 is 1.11 bits per heavy atom. The normalized spacial score (nSPS) is 15.4. The summed E-state index contributed by atoms with van der Waals surface area (Å²) < 4.78 is 5.00. The molecule has 0 bridgehead atoms.